The molecule has 4 nitrogen and oxygen atoms in total. The van der Waals surface area contributed by atoms with Gasteiger partial charge in [-0.3, -0.25) is 4.98 Å². The van der Waals surface area contributed by atoms with Crippen molar-refractivity contribution in [1.29, 1.82) is 0 Å². The zero-order chi connectivity index (χ0) is 42.6. The van der Waals surface area contributed by atoms with Crippen LogP contribution in [-0.4, -0.2) is 19.1 Å². The van der Waals surface area contributed by atoms with E-state index in [2.05, 4.69) is 211 Å². The number of aromatic nitrogens is 4. The predicted octanol–water partition coefficient (Wildman–Crippen LogP) is 15.3. The SMILES string of the molecule is Cc1cc(-c2ccccc2)cc(C)c1-c1ccnc(-n2c3[c-]c(Sc4[c-]c(-c5cn(-c6c(C(C)C)cccc6C(C)C)cn5)cc(C(C)(C)C)c4)ccc3c3ccccc32)c1.[Pt+2]. The maximum Gasteiger partial charge on any atom is 2.00 e. The molecule has 0 fully saturated rings. The molecule has 312 valence electrons. The van der Waals surface area contributed by atoms with Crippen LogP contribution in [0.5, 0.6) is 0 Å². The fourth-order valence-corrected chi connectivity index (χ4v) is 9.63. The van der Waals surface area contributed by atoms with Crippen LogP contribution in [0, 0.1) is 26.0 Å². The van der Waals surface area contributed by atoms with E-state index in [0.29, 0.717) is 11.8 Å². The summed E-state index contributed by atoms with van der Waals surface area (Å²) in [5.41, 5.74) is 16.4. The van der Waals surface area contributed by atoms with Gasteiger partial charge < -0.3 is 9.13 Å². The molecule has 0 bridgehead atoms. The summed E-state index contributed by atoms with van der Waals surface area (Å²) in [5.74, 6) is 1.64. The third kappa shape index (κ3) is 8.26. The number of hydrogen-bond acceptors (Lipinski definition) is 3. The Balaban J connectivity index is 0.00000529. The van der Waals surface area contributed by atoms with E-state index in [1.807, 2.05) is 12.5 Å². The van der Waals surface area contributed by atoms with Gasteiger partial charge in [-0.15, -0.1) is 57.4 Å². The molecule has 0 radical (unpaired) electrons. The smallest absolute Gasteiger partial charge is 0.319 e. The average Bonchev–Trinajstić information content (AvgIpc) is 3.86. The molecule has 3 aromatic heterocycles. The molecule has 0 amide bonds. The summed E-state index contributed by atoms with van der Waals surface area (Å²) >= 11 is 1.70. The van der Waals surface area contributed by atoms with Crippen LogP contribution in [0.15, 0.2) is 150 Å². The Kier molecular flexibility index (Phi) is 12.1. The number of nitrogens with zero attached hydrogens (tertiary/aromatic N) is 4. The summed E-state index contributed by atoms with van der Waals surface area (Å²) in [4.78, 5) is 12.1. The molecule has 6 heteroatoms. The molecule has 0 saturated carbocycles. The minimum Gasteiger partial charge on any atom is -0.319 e. The number of hydrogen-bond donors (Lipinski definition) is 0. The zero-order valence-corrected chi connectivity index (χ0v) is 40.0. The second-order valence-electron chi connectivity index (χ2n) is 18.0. The van der Waals surface area contributed by atoms with E-state index in [1.54, 1.807) is 11.8 Å². The van der Waals surface area contributed by atoms with Crippen molar-refractivity contribution in [2.45, 2.75) is 89.4 Å². The van der Waals surface area contributed by atoms with E-state index in [0.717, 1.165) is 48.8 Å². The Morgan fingerprint density at radius 2 is 1.32 bits per heavy atom. The predicted molar refractivity (Wildman–Crippen MR) is 257 cm³/mol. The van der Waals surface area contributed by atoms with Crippen LogP contribution in [0.25, 0.3) is 66.8 Å². The molecule has 0 N–H and O–H groups in total. The standard InChI is InChI=1S/C56H52N4S.Pt/c1-35(2)46-19-15-20-47(36(3)4)55(46)59-33-50(58-34-59)42-28-43(56(7,8)9)31-45(29-42)61-44-22-23-49-48-18-13-14-21-51(48)60(52(49)32-44)53-30-40(24-25-57-53)54-37(5)26-41(27-38(54)6)39-16-11-10-12-17-39;/h10-28,30-31,33-36H,1-9H3;/q-2;+2. The summed E-state index contributed by atoms with van der Waals surface area (Å²) in [6, 6.07) is 51.5. The van der Waals surface area contributed by atoms with Gasteiger partial charge in [0.15, 0.2) is 0 Å². The molecule has 0 unspecified atom stereocenters. The minimum atomic E-state index is -0.0772. The van der Waals surface area contributed by atoms with Gasteiger partial charge in [-0.05, 0) is 105 Å². The molecule has 0 aliphatic carbocycles. The van der Waals surface area contributed by atoms with Crippen LogP contribution in [-0.2, 0) is 26.5 Å². The van der Waals surface area contributed by atoms with E-state index in [4.69, 9.17) is 9.97 Å². The Labute approximate surface area is 385 Å². The van der Waals surface area contributed by atoms with E-state index in [9.17, 15) is 0 Å². The van der Waals surface area contributed by atoms with Gasteiger partial charge in [-0.1, -0.05) is 138 Å². The van der Waals surface area contributed by atoms with E-state index in [1.165, 1.54) is 55.6 Å². The van der Waals surface area contributed by atoms with Crippen molar-refractivity contribution < 1.29 is 21.1 Å². The summed E-state index contributed by atoms with van der Waals surface area (Å²) in [7, 11) is 0. The maximum absolute atomic E-state index is 5.01. The van der Waals surface area contributed by atoms with Crippen LogP contribution < -0.4 is 0 Å². The molecule has 0 aliphatic heterocycles. The van der Waals surface area contributed by atoms with Gasteiger partial charge in [0.2, 0.25) is 0 Å². The third-order valence-corrected chi connectivity index (χ3v) is 12.7. The van der Waals surface area contributed by atoms with E-state index >= 15 is 0 Å². The molecule has 9 aromatic rings. The van der Waals surface area contributed by atoms with Crippen molar-refractivity contribution in [1.82, 2.24) is 19.1 Å². The molecule has 0 aliphatic rings. The summed E-state index contributed by atoms with van der Waals surface area (Å²) in [6.45, 7) is 20.3. The molecule has 3 heterocycles. The first-order valence-electron chi connectivity index (χ1n) is 21.4. The van der Waals surface area contributed by atoms with Gasteiger partial charge >= 0.3 is 21.1 Å². The Morgan fingerprint density at radius 3 is 2.02 bits per heavy atom. The van der Waals surface area contributed by atoms with Crippen LogP contribution in [0.3, 0.4) is 0 Å². The fraction of sp³-hybridized carbons (Fsp3) is 0.214. The monoisotopic (exact) mass is 1010 g/mol. The Bertz CT molecular complexity index is 3030. The third-order valence-electron chi connectivity index (χ3n) is 11.8. The molecule has 6 aromatic carbocycles. The molecular weight excluding hydrogens is 956 g/mol. The number of pyridine rings is 1. The van der Waals surface area contributed by atoms with Crippen molar-refractivity contribution in [3.05, 3.63) is 180 Å². The number of para-hydroxylation sites is 2. The van der Waals surface area contributed by atoms with Gasteiger partial charge in [-0.25, -0.2) is 4.98 Å². The average molecular weight is 1010 g/mol. The first-order chi connectivity index (χ1) is 29.3. The van der Waals surface area contributed by atoms with Crippen molar-refractivity contribution in [2.75, 3.05) is 0 Å². The second kappa shape index (κ2) is 17.4. The topological polar surface area (TPSA) is 35.6 Å². The maximum atomic E-state index is 5.01. The van der Waals surface area contributed by atoms with Gasteiger partial charge in [-0.2, -0.15) is 12.1 Å². The minimum absolute atomic E-state index is 0. The number of rotatable bonds is 9. The molecule has 0 atom stereocenters. The van der Waals surface area contributed by atoms with Crippen LogP contribution in [0.4, 0.5) is 0 Å². The van der Waals surface area contributed by atoms with Crippen molar-refractivity contribution in [3.8, 4) is 45.0 Å². The number of imidazole rings is 1. The van der Waals surface area contributed by atoms with E-state index in [-0.39, 0.29) is 26.5 Å². The Hall–Kier alpha value is -5.48. The first-order valence-corrected chi connectivity index (χ1v) is 22.2. The van der Waals surface area contributed by atoms with Crippen LogP contribution in [0.1, 0.15) is 88.1 Å². The number of aryl methyl sites for hydroxylation is 2. The molecule has 9 rings (SSSR count). The quantitative estimate of drug-likeness (QED) is 0.135. The van der Waals surface area contributed by atoms with Gasteiger partial charge in [0.25, 0.3) is 0 Å². The van der Waals surface area contributed by atoms with Gasteiger partial charge in [0.05, 0.1) is 12.0 Å². The summed E-state index contributed by atoms with van der Waals surface area (Å²) in [6.07, 6.45) is 6.09. The van der Waals surface area contributed by atoms with Crippen LogP contribution in [0.2, 0.25) is 0 Å². The van der Waals surface area contributed by atoms with Crippen LogP contribution >= 0.6 is 11.8 Å². The molecule has 62 heavy (non-hydrogen) atoms. The summed E-state index contributed by atoms with van der Waals surface area (Å²) in [5, 5.41) is 2.32. The van der Waals surface area contributed by atoms with Gasteiger partial charge in [0, 0.05) is 17.4 Å². The zero-order valence-electron chi connectivity index (χ0n) is 36.9. The fourth-order valence-electron chi connectivity index (χ4n) is 8.77. The molecule has 0 saturated heterocycles. The van der Waals surface area contributed by atoms with Gasteiger partial charge in [0.1, 0.15) is 5.82 Å². The number of benzene rings is 6. The number of fused-ring (bicyclic) bond motifs is 3. The van der Waals surface area contributed by atoms with Crippen molar-refractivity contribution >= 4 is 33.6 Å². The first kappa shape index (κ1) is 43.2. The van der Waals surface area contributed by atoms with Crippen molar-refractivity contribution in [3.63, 3.8) is 0 Å². The Morgan fingerprint density at radius 1 is 0.629 bits per heavy atom. The van der Waals surface area contributed by atoms with E-state index < -0.39 is 0 Å². The molecular formula is C56H52N4PtS. The largest absolute Gasteiger partial charge is 2.00 e. The summed E-state index contributed by atoms with van der Waals surface area (Å²) < 4.78 is 4.49. The second-order valence-corrected chi connectivity index (χ2v) is 19.0. The molecule has 0 spiro atoms. The normalized spacial score (nSPS) is 11.9. The van der Waals surface area contributed by atoms with Crippen molar-refractivity contribution in [2.24, 2.45) is 0 Å².